The van der Waals surface area contributed by atoms with Gasteiger partial charge in [0.15, 0.2) is 15.5 Å². The molecule has 1 aliphatic rings. The number of nitrogens with one attached hydrogen (secondary N) is 1. The van der Waals surface area contributed by atoms with Crippen molar-refractivity contribution in [1.82, 2.24) is 15.1 Å². The van der Waals surface area contributed by atoms with Crippen molar-refractivity contribution in [2.24, 2.45) is 5.92 Å². The first-order valence-corrected chi connectivity index (χ1v) is 8.06. The summed E-state index contributed by atoms with van der Waals surface area (Å²) >= 11 is 0. The molecule has 1 unspecified atom stereocenters. The number of hydrogen-bond acceptors (Lipinski definition) is 4. The Balaban J connectivity index is 1.81. The van der Waals surface area contributed by atoms with E-state index >= 15 is 0 Å². The Morgan fingerprint density at radius 2 is 2.19 bits per heavy atom. The fourth-order valence-electron chi connectivity index (χ4n) is 2.10. The van der Waals surface area contributed by atoms with Crippen molar-refractivity contribution >= 4 is 15.7 Å². The number of carbonyl (C=O) groups is 1. The third-order valence-corrected chi connectivity index (χ3v) is 4.99. The number of aromatic nitrogens is 2. The predicted octanol–water partition coefficient (Wildman–Crippen LogP) is 0.453. The summed E-state index contributed by atoms with van der Waals surface area (Å²) in [5, 5.41) is 5.77. The molecule has 0 spiro atoms. The standard InChI is InChI=1S/C11H14F3N3O3S/c12-11(13,14)9-1-3-17(16-9)6-10(18)15-5-8-2-4-21(19,20)7-8/h1,3,8H,2,4-7H2,(H,15,18). The van der Waals surface area contributed by atoms with Crippen molar-refractivity contribution in [2.75, 3.05) is 18.1 Å². The maximum Gasteiger partial charge on any atom is 0.435 e. The van der Waals surface area contributed by atoms with Crippen molar-refractivity contribution in [3.63, 3.8) is 0 Å². The lowest BCUT2D eigenvalue weighted by atomic mass is 10.1. The molecule has 0 aliphatic carbocycles. The summed E-state index contributed by atoms with van der Waals surface area (Å²) in [6.07, 6.45) is -2.98. The molecule has 1 atom stereocenters. The van der Waals surface area contributed by atoms with Crippen LogP contribution in [0.5, 0.6) is 0 Å². The van der Waals surface area contributed by atoms with Crippen LogP contribution in [0, 0.1) is 5.92 Å². The summed E-state index contributed by atoms with van der Waals surface area (Å²) in [6.45, 7) is -0.138. The van der Waals surface area contributed by atoms with Gasteiger partial charge in [-0.2, -0.15) is 18.3 Å². The van der Waals surface area contributed by atoms with Gasteiger partial charge in [-0.05, 0) is 18.4 Å². The quantitative estimate of drug-likeness (QED) is 0.872. The van der Waals surface area contributed by atoms with E-state index in [-0.39, 0.29) is 30.5 Å². The van der Waals surface area contributed by atoms with Gasteiger partial charge in [-0.3, -0.25) is 9.48 Å². The number of sulfone groups is 1. The van der Waals surface area contributed by atoms with Gasteiger partial charge in [0.2, 0.25) is 5.91 Å². The largest absolute Gasteiger partial charge is 0.435 e. The molecule has 0 radical (unpaired) electrons. The van der Waals surface area contributed by atoms with E-state index in [1.807, 2.05) is 0 Å². The zero-order chi connectivity index (χ0) is 15.7. The highest BCUT2D eigenvalue weighted by Gasteiger charge is 2.33. The zero-order valence-electron chi connectivity index (χ0n) is 10.9. The molecular formula is C11H14F3N3O3S. The molecule has 2 rings (SSSR count). The monoisotopic (exact) mass is 325 g/mol. The number of alkyl halides is 3. The van der Waals surface area contributed by atoms with E-state index in [1.165, 1.54) is 0 Å². The van der Waals surface area contributed by atoms with Crippen LogP contribution in [0.25, 0.3) is 0 Å². The number of amides is 1. The molecule has 10 heteroatoms. The van der Waals surface area contributed by atoms with E-state index in [9.17, 15) is 26.4 Å². The molecule has 0 aromatic carbocycles. The molecule has 1 fully saturated rings. The van der Waals surface area contributed by atoms with Crippen molar-refractivity contribution in [3.8, 4) is 0 Å². The number of hydrogen-bond donors (Lipinski definition) is 1. The topological polar surface area (TPSA) is 81.1 Å². The van der Waals surface area contributed by atoms with Crippen LogP contribution in [0.1, 0.15) is 12.1 Å². The molecule has 0 saturated carbocycles. The van der Waals surface area contributed by atoms with Gasteiger partial charge in [0.25, 0.3) is 0 Å². The first-order valence-electron chi connectivity index (χ1n) is 6.23. The molecule has 1 aromatic heterocycles. The van der Waals surface area contributed by atoms with Crippen LogP contribution in [-0.4, -0.2) is 42.2 Å². The van der Waals surface area contributed by atoms with Crippen molar-refractivity contribution in [1.29, 1.82) is 0 Å². The Morgan fingerprint density at radius 3 is 2.71 bits per heavy atom. The van der Waals surface area contributed by atoms with E-state index in [2.05, 4.69) is 10.4 Å². The highest BCUT2D eigenvalue weighted by molar-refractivity contribution is 7.91. The van der Waals surface area contributed by atoms with Crippen molar-refractivity contribution < 1.29 is 26.4 Å². The molecule has 1 aliphatic heterocycles. The molecule has 1 saturated heterocycles. The van der Waals surface area contributed by atoms with Gasteiger partial charge >= 0.3 is 6.18 Å². The third-order valence-electron chi connectivity index (χ3n) is 3.15. The highest BCUT2D eigenvalue weighted by atomic mass is 32.2. The Labute approximate surface area is 119 Å². The van der Waals surface area contributed by atoms with Gasteiger partial charge in [-0.1, -0.05) is 0 Å². The summed E-state index contributed by atoms with van der Waals surface area (Å²) in [5.74, 6) is -0.493. The van der Waals surface area contributed by atoms with Crippen molar-refractivity contribution in [3.05, 3.63) is 18.0 Å². The van der Waals surface area contributed by atoms with E-state index in [0.717, 1.165) is 16.9 Å². The van der Waals surface area contributed by atoms with Crippen LogP contribution < -0.4 is 5.32 Å². The second-order valence-electron chi connectivity index (χ2n) is 4.97. The SMILES string of the molecule is O=C(Cn1ccc(C(F)(F)F)n1)NCC1CCS(=O)(=O)C1. The second-order valence-corrected chi connectivity index (χ2v) is 7.20. The van der Waals surface area contributed by atoms with Gasteiger partial charge in [-0.25, -0.2) is 8.42 Å². The minimum absolute atomic E-state index is 0.0350. The predicted molar refractivity (Wildman–Crippen MR) is 67.0 cm³/mol. The first kappa shape index (κ1) is 15.8. The lowest BCUT2D eigenvalue weighted by Gasteiger charge is -2.09. The molecule has 0 bridgehead atoms. The first-order chi connectivity index (χ1) is 9.66. The normalized spacial score (nSPS) is 21.4. The minimum atomic E-state index is -4.54. The molecule has 1 N–H and O–H groups in total. The Kier molecular flexibility index (Phi) is 4.26. The summed E-state index contributed by atoms with van der Waals surface area (Å²) in [5.41, 5.74) is -1.06. The lowest BCUT2D eigenvalue weighted by Crippen LogP contribution is -2.32. The molecular weight excluding hydrogens is 311 g/mol. The van der Waals surface area contributed by atoms with Gasteiger partial charge in [0.05, 0.1) is 11.5 Å². The Bertz CT molecular complexity index is 624. The molecule has 21 heavy (non-hydrogen) atoms. The molecule has 118 valence electrons. The Morgan fingerprint density at radius 1 is 1.48 bits per heavy atom. The molecule has 1 aromatic rings. The van der Waals surface area contributed by atoms with Gasteiger partial charge in [0.1, 0.15) is 6.54 Å². The van der Waals surface area contributed by atoms with Crippen molar-refractivity contribution in [2.45, 2.75) is 19.1 Å². The second kappa shape index (κ2) is 5.66. The molecule has 1 amide bonds. The molecule has 6 nitrogen and oxygen atoms in total. The maximum absolute atomic E-state index is 12.3. The summed E-state index contributed by atoms with van der Waals surface area (Å²) < 4.78 is 60.4. The maximum atomic E-state index is 12.3. The van der Waals surface area contributed by atoms with Crippen LogP contribution >= 0.6 is 0 Å². The number of nitrogens with zero attached hydrogens (tertiary/aromatic N) is 2. The van der Waals surface area contributed by atoms with E-state index in [4.69, 9.17) is 0 Å². The zero-order valence-corrected chi connectivity index (χ0v) is 11.7. The van der Waals surface area contributed by atoms with Crippen LogP contribution in [0.3, 0.4) is 0 Å². The number of carbonyl (C=O) groups excluding carboxylic acids is 1. The van der Waals surface area contributed by atoms with Crippen LogP contribution in [-0.2, 0) is 27.4 Å². The molecule has 2 heterocycles. The minimum Gasteiger partial charge on any atom is -0.354 e. The van der Waals surface area contributed by atoms with Gasteiger partial charge in [-0.15, -0.1) is 0 Å². The van der Waals surface area contributed by atoms with Crippen LogP contribution in [0.2, 0.25) is 0 Å². The summed E-state index contributed by atoms with van der Waals surface area (Å²) in [7, 11) is -3.01. The highest BCUT2D eigenvalue weighted by Crippen LogP contribution is 2.27. The lowest BCUT2D eigenvalue weighted by molar-refractivity contribution is -0.141. The third kappa shape index (κ3) is 4.45. The number of halogens is 3. The van der Waals surface area contributed by atoms with Gasteiger partial charge < -0.3 is 5.32 Å². The average molecular weight is 325 g/mol. The van der Waals surface area contributed by atoms with Crippen LogP contribution in [0.15, 0.2) is 12.3 Å². The fourth-order valence-corrected chi connectivity index (χ4v) is 3.96. The summed E-state index contributed by atoms with van der Waals surface area (Å²) in [6, 6.07) is 0.789. The fraction of sp³-hybridized carbons (Fsp3) is 0.636. The van der Waals surface area contributed by atoms with Crippen LogP contribution in [0.4, 0.5) is 13.2 Å². The number of rotatable bonds is 4. The van der Waals surface area contributed by atoms with E-state index < -0.39 is 27.6 Å². The van der Waals surface area contributed by atoms with Gasteiger partial charge in [0, 0.05) is 12.7 Å². The smallest absolute Gasteiger partial charge is 0.354 e. The van der Waals surface area contributed by atoms with E-state index in [1.54, 1.807) is 0 Å². The van der Waals surface area contributed by atoms with E-state index in [0.29, 0.717) is 6.42 Å². The Hall–Kier alpha value is -1.58. The summed E-state index contributed by atoms with van der Waals surface area (Å²) in [4.78, 5) is 11.6. The average Bonchev–Trinajstić information content (AvgIpc) is 2.92.